The molecule has 1 heterocycles. The molecular weight excluding hydrogens is 291 g/mol. The number of carbonyl (C=O) groups excluding carboxylic acids is 1. The summed E-state index contributed by atoms with van der Waals surface area (Å²) in [7, 11) is 0. The second-order valence-electron chi connectivity index (χ2n) is 3.42. The van der Waals surface area contributed by atoms with Gasteiger partial charge in [0.2, 0.25) is 0 Å². The van der Waals surface area contributed by atoms with E-state index in [9.17, 15) is 9.18 Å². The van der Waals surface area contributed by atoms with Crippen molar-refractivity contribution < 1.29 is 9.18 Å². The predicted octanol–water partition coefficient (Wildman–Crippen LogP) is 4.19. The zero-order chi connectivity index (χ0) is 11.7. The summed E-state index contributed by atoms with van der Waals surface area (Å²) in [5.41, 5.74) is 1.78. The minimum Gasteiger partial charge on any atom is -0.289 e. The van der Waals surface area contributed by atoms with Gasteiger partial charge in [0.15, 0.2) is 5.78 Å². The molecule has 0 bridgehead atoms. The third kappa shape index (κ3) is 2.08. The fourth-order valence-corrected chi connectivity index (χ4v) is 2.88. The number of hydrogen-bond donors (Lipinski definition) is 0. The molecule has 82 valence electrons. The Balaban J connectivity index is 2.49. The lowest BCUT2D eigenvalue weighted by molar-refractivity contribution is 0.103. The van der Waals surface area contributed by atoms with Gasteiger partial charge in [0.25, 0.3) is 0 Å². The molecule has 0 saturated carbocycles. The molecule has 2 rings (SSSR count). The van der Waals surface area contributed by atoms with Gasteiger partial charge in [-0.2, -0.15) is 11.3 Å². The summed E-state index contributed by atoms with van der Waals surface area (Å²) in [5, 5.41) is 3.60. The molecule has 16 heavy (non-hydrogen) atoms. The predicted molar refractivity (Wildman–Crippen MR) is 66.6 cm³/mol. The number of halogens is 2. The Labute approximate surface area is 105 Å². The van der Waals surface area contributed by atoms with Crippen LogP contribution in [-0.2, 0) is 0 Å². The molecule has 0 unspecified atom stereocenters. The molecule has 0 aliphatic heterocycles. The maximum absolute atomic E-state index is 13.1. The normalized spacial score (nSPS) is 10.4. The van der Waals surface area contributed by atoms with Crippen molar-refractivity contribution >= 4 is 33.0 Å². The molecule has 0 amide bonds. The van der Waals surface area contributed by atoms with E-state index < -0.39 is 0 Å². The van der Waals surface area contributed by atoms with Gasteiger partial charge in [-0.1, -0.05) is 6.07 Å². The van der Waals surface area contributed by atoms with Crippen molar-refractivity contribution in [2.75, 3.05) is 0 Å². The van der Waals surface area contributed by atoms with Crippen LogP contribution in [0.5, 0.6) is 0 Å². The largest absolute Gasteiger partial charge is 0.289 e. The molecule has 1 aromatic carbocycles. The van der Waals surface area contributed by atoms with Gasteiger partial charge in [-0.3, -0.25) is 4.79 Å². The van der Waals surface area contributed by atoms with Crippen molar-refractivity contribution in [1.82, 2.24) is 0 Å². The van der Waals surface area contributed by atoms with Crippen molar-refractivity contribution in [1.29, 1.82) is 0 Å². The molecule has 1 nitrogen and oxygen atoms in total. The van der Waals surface area contributed by atoms with E-state index in [0.29, 0.717) is 11.1 Å². The number of thiophene rings is 1. The molecule has 2 aromatic rings. The van der Waals surface area contributed by atoms with Crippen LogP contribution in [0.4, 0.5) is 4.39 Å². The van der Waals surface area contributed by atoms with E-state index in [2.05, 4.69) is 15.9 Å². The second-order valence-corrected chi connectivity index (χ2v) is 5.02. The zero-order valence-corrected chi connectivity index (χ0v) is 10.9. The van der Waals surface area contributed by atoms with Gasteiger partial charge in [-0.25, -0.2) is 4.39 Å². The van der Waals surface area contributed by atoms with E-state index in [1.54, 1.807) is 18.4 Å². The summed E-state index contributed by atoms with van der Waals surface area (Å²) in [5.74, 6) is -0.537. The first-order valence-electron chi connectivity index (χ1n) is 4.62. The number of hydrogen-bond acceptors (Lipinski definition) is 2. The highest BCUT2D eigenvalue weighted by Gasteiger charge is 2.15. The molecule has 0 N–H and O–H groups in total. The lowest BCUT2D eigenvalue weighted by atomic mass is 10.0. The molecule has 0 aliphatic rings. The van der Waals surface area contributed by atoms with E-state index in [4.69, 9.17) is 0 Å². The van der Waals surface area contributed by atoms with E-state index >= 15 is 0 Å². The first kappa shape index (κ1) is 11.5. The first-order chi connectivity index (χ1) is 7.59. The highest BCUT2D eigenvalue weighted by atomic mass is 79.9. The smallest absolute Gasteiger partial charge is 0.195 e. The lowest BCUT2D eigenvalue weighted by Gasteiger charge is -2.04. The Hall–Kier alpha value is -1.00. The summed E-state index contributed by atoms with van der Waals surface area (Å²) in [6, 6.07) is 4.25. The Bertz CT molecular complexity index is 548. The maximum atomic E-state index is 13.1. The molecular formula is C12H8BrFOS. The second kappa shape index (κ2) is 4.47. The molecule has 0 spiro atoms. The van der Waals surface area contributed by atoms with Gasteiger partial charge >= 0.3 is 0 Å². The van der Waals surface area contributed by atoms with E-state index in [1.807, 2.05) is 5.38 Å². The molecule has 0 radical (unpaired) electrons. The van der Waals surface area contributed by atoms with Gasteiger partial charge in [0.05, 0.1) is 0 Å². The Morgan fingerprint density at radius 2 is 2.06 bits per heavy atom. The van der Waals surface area contributed by atoms with Gasteiger partial charge in [-0.05, 0) is 40.5 Å². The van der Waals surface area contributed by atoms with Crippen LogP contribution in [0.25, 0.3) is 0 Å². The standard InChI is InChI=1S/C12H8BrFOS/c1-7-2-3-8(14)4-9(7)12(15)10-5-16-6-11(10)13/h2-6H,1H3. The Kier molecular flexibility index (Phi) is 3.21. The SMILES string of the molecule is Cc1ccc(F)cc1C(=O)c1cscc1Br. The van der Waals surface area contributed by atoms with Gasteiger partial charge in [0, 0.05) is 26.4 Å². The monoisotopic (exact) mass is 298 g/mol. The highest BCUT2D eigenvalue weighted by Crippen LogP contribution is 2.25. The van der Waals surface area contributed by atoms with Crippen LogP contribution in [-0.4, -0.2) is 5.78 Å². The van der Waals surface area contributed by atoms with Gasteiger partial charge in [-0.15, -0.1) is 0 Å². The molecule has 0 atom stereocenters. The van der Waals surface area contributed by atoms with Crippen molar-refractivity contribution in [2.24, 2.45) is 0 Å². The van der Waals surface area contributed by atoms with Crippen molar-refractivity contribution in [2.45, 2.75) is 6.92 Å². The quantitative estimate of drug-likeness (QED) is 0.760. The van der Waals surface area contributed by atoms with E-state index in [-0.39, 0.29) is 11.6 Å². The number of rotatable bonds is 2. The fraction of sp³-hybridized carbons (Fsp3) is 0.0833. The van der Waals surface area contributed by atoms with Crippen LogP contribution < -0.4 is 0 Å². The molecule has 1 aromatic heterocycles. The maximum Gasteiger partial charge on any atom is 0.195 e. The number of benzene rings is 1. The van der Waals surface area contributed by atoms with Crippen molar-refractivity contribution in [3.05, 3.63) is 55.9 Å². The third-order valence-electron chi connectivity index (χ3n) is 2.30. The molecule has 0 fully saturated rings. The summed E-state index contributed by atoms with van der Waals surface area (Å²) < 4.78 is 13.8. The van der Waals surface area contributed by atoms with Gasteiger partial charge < -0.3 is 0 Å². The number of aryl methyl sites for hydroxylation is 1. The number of ketones is 1. The van der Waals surface area contributed by atoms with Crippen LogP contribution in [0.15, 0.2) is 33.4 Å². The average molecular weight is 299 g/mol. The summed E-state index contributed by atoms with van der Waals surface area (Å²) in [6.45, 7) is 1.80. The summed E-state index contributed by atoms with van der Waals surface area (Å²) >= 11 is 4.74. The molecule has 4 heteroatoms. The van der Waals surface area contributed by atoms with Gasteiger partial charge in [0.1, 0.15) is 5.82 Å². The Morgan fingerprint density at radius 1 is 1.31 bits per heavy atom. The summed E-state index contributed by atoms with van der Waals surface area (Å²) in [4.78, 5) is 12.1. The third-order valence-corrected chi connectivity index (χ3v) is 4.01. The molecule has 0 aliphatic carbocycles. The Morgan fingerprint density at radius 3 is 2.69 bits per heavy atom. The minimum atomic E-state index is -0.389. The zero-order valence-electron chi connectivity index (χ0n) is 8.46. The lowest BCUT2D eigenvalue weighted by Crippen LogP contribution is -2.03. The van der Waals surface area contributed by atoms with Crippen LogP contribution in [0.3, 0.4) is 0 Å². The number of carbonyl (C=O) groups is 1. The van der Waals surface area contributed by atoms with E-state index in [0.717, 1.165) is 10.0 Å². The average Bonchev–Trinajstić information content (AvgIpc) is 2.67. The minimum absolute atomic E-state index is 0.148. The van der Waals surface area contributed by atoms with Crippen LogP contribution in [0, 0.1) is 12.7 Å². The summed E-state index contributed by atoms with van der Waals surface area (Å²) in [6.07, 6.45) is 0. The van der Waals surface area contributed by atoms with E-state index in [1.165, 1.54) is 23.5 Å². The van der Waals surface area contributed by atoms with Crippen LogP contribution in [0.2, 0.25) is 0 Å². The molecule has 0 saturated heterocycles. The topological polar surface area (TPSA) is 17.1 Å². The first-order valence-corrected chi connectivity index (χ1v) is 6.35. The fourth-order valence-electron chi connectivity index (χ4n) is 1.43. The highest BCUT2D eigenvalue weighted by molar-refractivity contribution is 9.10. The van der Waals surface area contributed by atoms with Crippen molar-refractivity contribution in [3.8, 4) is 0 Å². The van der Waals surface area contributed by atoms with Crippen LogP contribution in [0.1, 0.15) is 21.5 Å². The van der Waals surface area contributed by atoms with Crippen molar-refractivity contribution in [3.63, 3.8) is 0 Å². The van der Waals surface area contributed by atoms with Crippen LogP contribution >= 0.6 is 27.3 Å².